The molecule has 1 atom stereocenters. The van der Waals surface area contributed by atoms with Gasteiger partial charge >= 0.3 is 0 Å². The van der Waals surface area contributed by atoms with Gasteiger partial charge in [-0.05, 0) is 50.3 Å². The Kier molecular flexibility index (Phi) is 6.44. The van der Waals surface area contributed by atoms with E-state index in [1.165, 1.54) is 11.1 Å². The lowest BCUT2D eigenvalue weighted by Gasteiger charge is -2.35. The van der Waals surface area contributed by atoms with Crippen molar-refractivity contribution in [2.75, 3.05) is 31.6 Å². The number of aryl methyl sites for hydroxylation is 1. The number of carbonyl (C=O) groups is 1. The zero-order valence-electron chi connectivity index (χ0n) is 19.2. The minimum atomic E-state index is 0.0323. The number of ether oxygens (including phenoxy) is 1. The average Bonchev–Trinajstić information content (AvgIpc) is 2.79. The fraction of sp³-hybridized carbons (Fsp3) is 0.560. The molecular formula is C25H34N4O2. The molecule has 2 aliphatic heterocycles. The molecule has 1 saturated heterocycles. The zero-order chi connectivity index (χ0) is 22.0. The van der Waals surface area contributed by atoms with Crippen LogP contribution in [-0.2, 0) is 17.8 Å². The Morgan fingerprint density at radius 2 is 1.94 bits per heavy atom. The molecule has 1 aromatic carbocycles. The summed E-state index contributed by atoms with van der Waals surface area (Å²) in [5.41, 5.74) is 3.61. The highest BCUT2D eigenvalue weighted by molar-refractivity contribution is 5.78. The summed E-state index contributed by atoms with van der Waals surface area (Å²) in [5, 5.41) is 0. The third kappa shape index (κ3) is 4.68. The molecule has 6 heteroatoms. The van der Waals surface area contributed by atoms with Crippen LogP contribution in [0.25, 0.3) is 0 Å². The second-order valence-electron chi connectivity index (χ2n) is 9.12. The Morgan fingerprint density at radius 1 is 1.16 bits per heavy atom. The van der Waals surface area contributed by atoms with Gasteiger partial charge < -0.3 is 14.5 Å². The van der Waals surface area contributed by atoms with Crippen LogP contribution in [0.4, 0.5) is 5.82 Å². The fourth-order valence-corrected chi connectivity index (χ4v) is 4.75. The van der Waals surface area contributed by atoms with Crippen LogP contribution in [0.1, 0.15) is 61.7 Å². The monoisotopic (exact) mass is 422 g/mol. The number of likely N-dealkylation sites (tertiary alicyclic amines) is 1. The van der Waals surface area contributed by atoms with Gasteiger partial charge in [-0.3, -0.25) is 4.79 Å². The van der Waals surface area contributed by atoms with Crippen molar-refractivity contribution in [2.45, 2.75) is 58.9 Å². The molecule has 0 saturated carbocycles. The van der Waals surface area contributed by atoms with E-state index in [0.29, 0.717) is 0 Å². The summed E-state index contributed by atoms with van der Waals surface area (Å²) in [6, 6.07) is 8.27. The third-order valence-electron chi connectivity index (χ3n) is 6.49. The molecule has 1 fully saturated rings. The summed E-state index contributed by atoms with van der Waals surface area (Å²) >= 11 is 0. The number of hydrogen-bond donors (Lipinski definition) is 0. The van der Waals surface area contributed by atoms with E-state index in [2.05, 4.69) is 24.0 Å². The van der Waals surface area contributed by atoms with Crippen LogP contribution in [0.15, 0.2) is 24.3 Å². The summed E-state index contributed by atoms with van der Waals surface area (Å²) < 4.78 is 5.29. The quantitative estimate of drug-likeness (QED) is 0.726. The highest BCUT2D eigenvalue weighted by atomic mass is 16.5. The van der Waals surface area contributed by atoms with Crippen molar-refractivity contribution in [1.82, 2.24) is 14.9 Å². The van der Waals surface area contributed by atoms with Crippen LogP contribution in [0.2, 0.25) is 0 Å². The molecule has 0 spiro atoms. The van der Waals surface area contributed by atoms with Crippen LogP contribution >= 0.6 is 0 Å². The van der Waals surface area contributed by atoms with E-state index in [0.717, 1.165) is 74.9 Å². The molecule has 0 radical (unpaired) electrons. The first kappa shape index (κ1) is 21.6. The van der Waals surface area contributed by atoms with E-state index in [-0.39, 0.29) is 17.7 Å². The molecular weight excluding hydrogens is 388 g/mol. The number of amides is 1. The van der Waals surface area contributed by atoms with E-state index in [9.17, 15) is 4.79 Å². The second-order valence-corrected chi connectivity index (χ2v) is 9.12. The van der Waals surface area contributed by atoms with Gasteiger partial charge in [-0.15, -0.1) is 0 Å². The van der Waals surface area contributed by atoms with Crippen molar-refractivity contribution in [3.8, 4) is 5.75 Å². The number of piperidine rings is 1. The molecule has 0 aliphatic carbocycles. The maximum Gasteiger partial charge on any atom is 0.225 e. The Morgan fingerprint density at radius 3 is 2.65 bits per heavy atom. The number of carbonyl (C=O) groups excluding carboxylic acids is 1. The van der Waals surface area contributed by atoms with E-state index in [1.54, 1.807) is 7.11 Å². The lowest BCUT2D eigenvalue weighted by atomic mass is 9.95. The van der Waals surface area contributed by atoms with Gasteiger partial charge in [0, 0.05) is 49.3 Å². The molecule has 0 unspecified atom stereocenters. The Balaban J connectivity index is 1.58. The van der Waals surface area contributed by atoms with Gasteiger partial charge in [0.2, 0.25) is 5.91 Å². The molecule has 6 nitrogen and oxygen atoms in total. The average molecular weight is 423 g/mol. The SMILES string of the molecule is COc1ccc(CN2CCCc3c(C)nc([C@@H]4CCCN(C(=O)C(C)C)C4)nc32)cc1. The van der Waals surface area contributed by atoms with Crippen molar-refractivity contribution in [2.24, 2.45) is 5.92 Å². The summed E-state index contributed by atoms with van der Waals surface area (Å²) in [5.74, 6) is 3.34. The summed E-state index contributed by atoms with van der Waals surface area (Å²) in [4.78, 5) is 27.0. The molecule has 3 heterocycles. The van der Waals surface area contributed by atoms with Crippen molar-refractivity contribution in [3.05, 3.63) is 46.9 Å². The summed E-state index contributed by atoms with van der Waals surface area (Å²) in [6.45, 7) is 9.47. The number of benzene rings is 1. The molecule has 1 amide bonds. The molecule has 0 N–H and O–H groups in total. The minimum absolute atomic E-state index is 0.0323. The van der Waals surface area contributed by atoms with Crippen LogP contribution in [0.5, 0.6) is 5.75 Å². The lowest BCUT2D eigenvalue weighted by Crippen LogP contribution is -2.41. The Labute approximate surface area is 185 Å². The number of rotatable bonds is 5. The molecule has 166 valence electrons. The van der Waals surface area contributed by atoms with Gasteiger partial charge in [-0.25, -0.2) is 9.97 Å². The molecule has 4 rings (SSSR count). The second kappa shape index (κ2) is 9.25. The van der Waals surface area contributed by atoms with Gasteiger partial charge in [0.25, 0.3) is 0 Å². The van der Waals surface area contributed by atoms with Gasteiger partial charge in [0.1, 0.15) is 17.4 Å². The number of methoxy groups -OCH3 is 1. The summed E-state index contributed by atoms with van der Waals surface area (Å²) in [6.07, 6.45) is 4.20. The van der Waals surface area contributed by atoms with E-state index in [1.807, 2.05) is 30.9 Å². The maximum atomic E-state index is 12.5. The summed E-state index contributed by atoms with van der Waals surface area (Å²) in [7, 11) is 1.69. The minimum Gasteiger partial charge on any atom is -0.497 e. The highest BCUT2D eigenvalue weighted by Gasteiger charge is 2.30. The number of hydrogen-bond acceptors (Lipinski definition) is 5. The van der Waals surface area contributed by atoms with Crippen molar-refractivity contribution < 1.29 is 9.53 Å². The van der Waals surface area contributed by atoms with Crippen LogP contribution in [0.3, 0.4) is 0 Å². The maximum absolute atomic E-state index is 12.5. The zero-order valence-corrected chi connectivity index (χ0v) is 19.2. The highest BCUT2D eigenvalue weighted by Crippen LogP contribution is 2.32. The molecule has 1 aromatic heterocycles. The van der Waals surface area contributed by atoms with Gasteiger partial charge in [-0.2, -0.15) is 0 Å². The van der Waals surface area contributed by atoms with E-state index >= 15 is 0 Å². The fourth-order valence-electron chi connectivity index (χ4n) is 4.75. The first-order valence-electron chi connectivity index (χ1n) is 11.5. The Hall–Kier alpha value is -2.63. The number of nitrogens with zero attached hydrogens (tertiary/aromatic N) is 4. The predicted octanol–water partition coefficient (Wildman–Crippen LogP) is 4.11. The standard InChI is InChI=1S/C25H34N4O2/c1-17(2)25(30)29-14-5-7-20(16-29)23-26-18(3)22-8-6-13-28(24(22)27-23)15-19-9-11-21(31-4)12-10-19/h9-12,17,20H,5-8,13-16H2,1-4H3/t20-/m1/s1. The largest absolute Gasteiger partial charge is 0.497 e. The van der Waals surface area contributed by atoms with Crippen molar-refractivity contribution in [3.63, 3.8) is 0 Å². The first-order chi connectivity index (χ1) is 15.0. The van der Waals surface area contributed by atoms with Crippen molar-refractivity contribution >= 4 is 11.7 Å². The number of aromatic nitrogens is 2. The van der Waals surface area contributed by atoms with Gasteiger partial charge in [0.05, 0.1) is 7.11 Å². The smallest absolute Gasteiger partial charge is 0.225 e. The molecule has 0 bridgehead atoms. The third-order valence-corrected chi connectivity index (χ3v) is 6.49. The topological polar surface area (TPSA) is 58.6 Å². The van der Waals surface area contributed by atoms with E-state index in [4.69, 9.17) is 14.7 Å². The predicted molar refractivity (Wildman–Crippen MR) is 123 cm³/mol. The lowest BCUT2D eigenvalue weighted by molar-refractivity contribution is -0.135. The molecule has 2 aromatic rings. The molecule has 31 heavy (non-hydrogen) atoms. The van der Waals surface area contributed by atoms with E-state index < -0.39 is 0 Å². The van der Waals surface area contributed by atoms with Crippen LogP contribution in [-0.4, -0.2) is 47.5 Å². The van der Waals surface area contributed by atoms with Gasteiger partial charge in [0.15, 0.2) is 0 Å². The Bertz CT molecular complexity index is 926. The normalized spacial score (nSPS) is 18.8. The number of fused-ring (bicyclic) bond motifs is 1. The van der Waals surface area contributed by atoms with Crippen LogP contribution in [0, 0.1) is 12.8 Å². The first-order valence-corrected chi connectivity index (χ1v) is 11.5. The van der Waals surface area contributed by atoms with Crippen molar-refractivity contribution in [1.29, 1.82) is 0 Å². The van der Waals surface area contributed by atoms with Crippen LogP contribution < -0.4 is 9.64 Å². The van der Waals surface area contributed by atoms with Gasteiger partial charge in [-0.1, -0.05) is 26.0 Å². The number of anilines is 1. The molecule has 2 aliphatic rings.